The van der Waals surface area contributed by atoms with E-state index in [1.165, 1.54) is 32.4 Å². The second kappa shape index (κ2) is 7.92. The Balaban J connectivity index is 1.63. The summed E-state index contributed by atoms with van der Waals surface area (Å²) in [7, 11) is 0. The predicted octanol–water partition coefficient (Wildman–Crippen LogP) is 2.96. The molecule has 0 saturated carbocycles. The molecule has 3 rings (SSSR count). The Morgan fingerprint density at radius 1 is 1.16 bits per heavy atom. The molecular weight excluding hydrogens is 314 g/mol. The van der Waals surface area contributed by atoms with Crippen LogP contribution in [0.25, 0.3) is 0 Å². The zero-order chi connectivity index (χ0) is 17.9. The molecule has 1 aromatic heterocycles. The summed E-state index contributed by atoms with van der Waals surface area (Å²) in [6.07, 6.45) is 8.96. The first-order chi connectivity index (χ1) is 11.9. The van der Waals surface area contributed by atoms with Crippen molar-refractivity contribution in [1.82, 2.24) is 14.4 Å². The Morgan fingerprint density at radius 3 is 2.60 bits per heavy atom. The summed E-state index contributed by atoms with van der Waals surface area (Å²) in [5.41, 5.74) is 0.783. The molecule has 1 unspecified atom stereocenters. The van der Waals surface area contributed by atoms with Crippen molar-refractivity contribution in [2.45, 2.75) is 58.1 Å². The van der Waals surface area contributed by atoms with Crippen LogP contribution in [0.3, 0.4) is 0 Å². The number of carbonyl (C=O) groups is 1. The average molecular weight is 348 g/mol. The molecule has 3 heterocycles. The zero-order valence-electron chi connectivity index (χ0n) is 16.0. The molecule has 2 aliphatic heterocycles. The second-order valence-electron chi connectivity index (χ2n) is 8.44. The first-order valence-electron chi connectivity index (χ1n) is 9.75. The first-order valence-corrected chi connectivity index (χ1v) is 9.75. The number of piperidine rings is 1. The standard InChI is InChI=1S/C20H33N3O2/c1-20(2,3)23-12-8-17(14-23)19(24)22-11-7-13-25-18(16-22)15-21-9-5-4-6-10-21/h8,12,14,18H,4-7,9-11,13,15-16H2,1-3H3. The lowest BCUT2D eigenvalue weighted by Gasteiger charge is -2.31. The van der Waals surface area contributed by atoms with Crippen molar-refractivity contribution < 1.29 is 9.53 Å². The fraction of sp³-hybridized carbons (Fsp3) is 0.750. The van der Waals surface area contributed by atoms with E-state index in [0.29, 0.717) is 6.54 Å². The lowest BCUT2D eigenvalue weighted by Crippen LogP contribution is -2.43. The Labute approximate surface area is 151 Å². The molecule has 0 bridgehead atoms. The van der Waals surface area contributed by atoms with Gasteiger partial charge in [-0.05, 0) is 59.2 Å². The maximum Gasteiger partial charge on any atom is 0.255 e. The minimum absolute atomic E-state index is 0.00275. The van der Waals surface area contributed by atoms with Gasteiger partial charge in [0.05, 0.1) is 11.7 Å². The average Bonchev–Trinajstić information content (AvgIpc) is 2.97. The zero-order valence-corrected chi connectivity index (χ0v) is 16.0. The van der Waals surface area contributed by atoms with Crippen LogP contribution in [0.1, 0.15) is 56.8 Å². The molecular formula is C20H33N3O2. The van der Waals surface area contributed by atoms with Gasteiger partial charge in [0.2, 0.25) is 0 Å². The highest BCUT2D eigenvalue weighted by atomic mass is 16.5. The summed E-state index contributed by atoms with van der Waals surface area (Å²) in [6, 6.07) is 1.94. The summed E-state index contributed by atoms with van der Waals surface area (Å²) in [5, 5.41) is 0. The third kappa shape index (κ3) is 4.85. The van der Waals surface area contributed by atoms with Crippen molar-refractivity contribution in [3.63, 3.8) is 0 Å². The molecule has 0 radical (unpaired) electrons. The predicted molar refractivity (Wildman–Crippen MR) is 100.0 cm³/mol. The number of amides is 1. The summed E-state index contributed by atoms with van der Waals surface area (Å²) in [4.78, 5) is 17.5. The fourth-order valence-electron chi connectivity index (χ4n) is 3.74. The molecule has 25 heavy (non-hydrogen) atoms. The fourth-order valence-corrected chi connectivity index (χ4v) is 3.74. The first kappa shape index (κ1) is 18.5. The highest BCUT2D eigenvalue weighted by Gasteiger charge is 2.26. The maximum absolute atomic E-state index is 13.0. The summed E-state index contributed by atoms with van der Waals surface area (Å²) in [6.45, 7) is 12.0. The van der Waals surface area contributed by atoms with E-state index in [1.54, 1.807) is 0 Å². The van der Waals surface area contributed by atoms with E-state index in [2.05, 4.69) is 30.2 Å². The molecule has 1 aromatic rings. The molecule has 0 N–H and O–H groups in total. The Morgan fingerprint density at radius 2 is 1.92 bits per heavy atom. The lowest BCUT2D eigenvalue weighted by atomic mass is 10.1. The molecule has 5 nitrogen and oxygen atoms in total. The number of ether oxygens (including phenoxy) is 1. The quantitative estimate of drug-likeness (QED) is 0.844. The number of hydrogen-bond acceptors (Lipinski definition) is 3. The van der Waals surface area contributed by atoms with Crippen LogP contribution in [0, 0.1) is 0 Å². The Bertz CT molecular complexity index is 570. The Hall–Kier alpha value is -1.33. The van der Waals surface area contributed by atoms with Gasteiger partial charge in [0.15, 0.2) is 0 Å². The number of hydrogen-bond donors (Lipinski definition) is 0. The molecule has 2 saturated heterocycles. The number of carbonyl (C=O) groups excluding carboxylic acids is 1. The molecule has 0 aliphatic carbocycles. The van der Waals surface area contributed by atoms with E-state index < -0.39 is 0 Å². The van der Waals surface area contributed by atoms with E-state index in [1.807, 2.05) is 23.4 Å². The summed E-state index contributed by atoms with van der Waals surface area (Å²) < 4.78 is 8.15. The third-order valence-corrected chi connectivity index (χ3v) is 5.26. The van der Waals surface area contributed by atoms with Gasteiger partial charge in [-0.25, -0.2) is 0 Å². The van der Waals surface area contributed by atoms with E-state index in [9.17, 15) is 4.79 Å². The van der Waals surface area contributed by atoms with Crippen LogP contribution in [0.4, 0.5) is 0 Å². The van der Waals surface area contributed by atoms with Crippen LogP contribution >= 0.6 is 0 Å². The third-order valence-electron chi connectivity index (χ3n) is 5.26. The van der Waals surface area contributed by atoms with Crippen LogP contribution < -0.4 is 0 Å². The van der Waals surface area contributed by atoms with E-state index >= 15 is 0 Å². The Kier molecular flexibility index (Phi) is 5.85. The maximum atomic E-state index is 13.0. The SMILES string of the molecule is CC(C)(C)n1ccc(C(=O)N2CCCOC(CN3CCCCC3)C2)c1. The number of aromatic nitrogens is 1. The van der Waals surface area contributed by atoms with Gasteiger partial charge in [-0.15, -0.1) is 0 Å². The smallest absolute Gasteiger partial charge is 0.255 e. The molecule has 0 aromatic carbocycles. The normalized spacial score (nSPS) is 23.5. The van der Waals surface area contributed by atoms with Gasteiger partial charge < -0.3 is 19.1 Å². The van der Waals surface area contributed by atoms with Gasteiger partial charge in [-0.3, -0.25) is 4.79 Å². The topological polar surface area (TPSA) is 37.7 Å². The molecule has 1 amide bonds. The van der Waals surface area contributed by atoms with Crippen LogP contribution in [0.5, 0.6) is 0 Å². The summed E-state index contributed by atoms with van der Waals surface area (Å²) >= 11 is 0. The van der Waals surface area contributed by atoms with Crippen LogP contribution in [-0.4, -0.2) is 65.7 Å². The van der Waals surface area contributed by atoms with Gasteiger partial charge in [-0.2, -0.15) is 0 Å². The molecule has 2 aliphatic rings. The second-order valence-corrected chi connectivity index (χ2v) is 8.44. The van der Waals surface area contributed by atoms with Crippen LogP contribution in [0.15, 0.2) is 18.5 Å². The van der Waals surface area contributed by atoms with Gasteiger partial charge in [0, 0.05) is 44.2 Å². The minimum atomic E-state index is -0.00275. The van der Waals surface area contributed by atoms with Crippen molar-refractivity contribution >= 4 is 5.91 Å². The molecule has 140 valence electrons. The van der Waals surface area contributed by atoms with Crippen molar-refractivity contribution in [3.8, 4) is 0 Å². The lowest BCUT2D eigenvalue weighted by molar-refractivity contribution is 0.0216. The molecule has 1 atom stereocenters. The van der Waals surface area contributed by atoms with Crippen LogP contribution in [0.2, 0.25) is 0 Å². The molecule has 0 spiro atoms. The highest BCUT2D eigenvalue weighted by molar-refractivity contribution is 5.94. The minimum Gasteiger partial charge on any atom is -0.375 e. The van der Waals surface area contributed by atoms with Crippen LogP contribution in [-0.2, 0) is 10.3 Å². The molecule has 2 fully saturated rings. The van der Waals surface area contributed by atoms with Crippen molar-refractivity contribution in [2.24, 2.45) is 0 Å². The number of nitrogens with zero attached hydrogens (tertiary/aromatic N) is 3. The highest BCUT2D eigenvalue weighted by Crippen LogP contribution is 2.18. The number of likely N-dealkylation sites (tertiary alicyclic amines) is 1. The largest absolute Gasteiger partial charge is 0.375 e. The van der Waals surface area contributed by atoms with Crippen molar-refractivity contribution in [2.75, 3.05) is 39.3 Å². The van der Waals surface area contributed by atoms with E-state index in [4.69, 9.17) is 4.74 Å². The monoisotopic (exact) mass is 347 g/mol. The van der Waals surface area contributed by atoms with Gasteiger partial charge in [0.1, 0.15) is 0 Å². The van der Waals surface area contributed by atoms with Gasteiger partial charge >= 0.3 is 0 Å². The van der Waals surface area contributed by atoms with Crippen molar-refractivity contribution in [1.29, 1.82) is 0 Å². The van der Waals surface area contributed by atoms with E-state index in [0.717, 1.165) is 31.7 Å². The van der Waals surface area contributed by atoms with Crippen molar-refractivity contribution in [3.05, 3.63) is 24.0 Å². The number of rotatable bonds is 3. The van der Waals surface area contributed by atoms with Gasteiger partial charge in [-0.1, -0.05) is 6.42 Å². The van der Waals surface area contributed by atoms with Gasteiger partial charge in [0.25, 0.3) is 5.91 Å². The van der Waals surface area contributed by atoms with E-state index in [-0.39, 0.29) is 17.6 Å². The summed E-state index contributed by atoms with van der Waals surface area (Å²) in [5.74, 6) is 0.136. The molecule has 5 heteroatoms.